The number of ether oxygens (including phenoxy) is 1. The van der Waals surface area contributed by atoms with Crippen LogP contribution in [0, 0.1) is 11.3 Å². The molecule has 102 valence electrons. The van der Waals surface area contributed by atoms with E-state index in [2.05, 4.69) is 6.07 Å². The Labute approximate surface area is 119 Å². The fraction of sp³-hybridized carbons (Fsp3) is 0.235. The second kappa shape index (κ2) is 6.74. The van der Waals surface area contributed by atoms with Gasteiger partial charge < -0.3 is 9.84 Å². The number of nitriles is 1. The van der Waals surface area contributed by atoms with E-state index in [1.165, 1.54) is 0 Å². The predicted octanol–water partition coefficient (Wildman–Crippen LogP) is 3.58. The van der Waals surface area contributed by atoms with Crippen molar-refractivity contribution < 1.29 is 9.84 Å². The first kappa shape index (κ1) is 14.1. The maximum absolute atomic E-state index is 9.71. The minimum absolute atomic E-state index is 0.414. The molecule has 0 fully saturated rings. The van der Waals surface area contributed by atoms with Gasteiger partial charge in [-0.3, -0.25) is 0 Å². The highest BCUT2D eigenvalue weighted by atomic mass is 16.5. The topological polar surface area (TPSA) is 53.2 Å². The zero-order valence-electron chi connectivity index (χ0n) is 11.4. The summed E-state index contributed by atoms with van der Waals surface area (Å²) in [6, 6.07) is 16.9. The molecule has 0 saturated carbocycles. The van der Waals surface area contributed by atoms with Crippen molar-refractivity contribution in [3.05, 3.63) is 65.2 Å². The highest BCUT2D eigenvalue weighted by molar-refractivity contribution is 5.32. The molecule has 2 rings (SSSR count). The van der Waals surface area contributed by atoms with Crippen LogP contribution in [0.3, 0.4) is 0 Å². The lowest BCUT2D eigenvalue weighted by atomic mass is 10.1. The Balaban J connectivity index is 1.95. The summed E-state index contributed by atoms with van der Waals surface area (Å²) in [5.74, 6) is 0.765. The van der Waals surface area contributed by atoms with Crippen LogP contribution in [-0.2, 0) is 6.61 Å². The fourth-order valence-electron chi connectivity index (χ4n) is 1.86. The summed E-state index contributed by atoms with van der Waals surface area (Å²) in [4.78, 5) is 0. The molecule has 0 radical (unpaired) electrons. The first-order valence-electron chi connectivity index (χ1n) is 6.62. The molecular formula is C17H17NO2. The van der Waals surface area contributed by atoms with E-state index in [9.17, 15) is 5.11 Å². The van der Waals surface area contributed by atoms with Crippen LogP contribution in [0.4, 0.5) is 0 Å². The normalized spacial score (nSPS) is 11.7. The van der Waals surface area contributed by atoms with Gasteiger partial charge in [0.2, 0.25) is 0 Å². The molecular weight excluding hydrogens is 250 g/mol. The SMILES string of the molecule is CC[C@H](O)c1ccc(OCc2ccc(C#N)cc2)cc1. The van der Waals surface area contributed by atoms with Gasteiger partial charge in [-0.1, -0.05) is 31.2 Å². The van der Waals surface area contributed by atoms with Crippen molar-refractivity contribution in [2.24, 2.45) is 0 Å². The number of aliphatic hydroxyl groups is 1. The summed E-state index contributed by atoms with van der Waals surface area (Å²) < 4.78 is 5.67. The summed E-state index contributed by atoms with van der Waals surface area (Å²) in [7, 11) is 0. The second-order valence-electron chi connectivity index (χ2n) is 4.59. The van der Waals surface area contributed by atoms with E-state index in [1.54, 1.807) is 12.1 Å². The molecule has 2 aromatic carbocycles. The second-order valence-corrected chi connectivity index (χ2v) is 4.59. The van der Waals surface area contributed by atoms with E-state index < -0.39 is 6.10 Å². The van der Waals surface area contributed by atoms with Crippen LogP contribution in [-0.4, -0.2) is 5.11 Å². The van der Waals surface area contributed by atoms with Gasteiger partial charge in [0.05, 0.1) is 17.7 Å². The molecule has 0 aliphatic carbocycles. The molecule has 1 N–H and O–H groups in total. The van der Waals surface area contributed by atoms with E-state index in [-0.39, 0.29) is 0 Å². The number of benzene rings is 2. The Morgan fingerprint density at radius 2 is 1.75 bits per heavy atom. The average Bonchev–Trinajstić information content (AvgIpc) is 2.53. The molecule has 0 aromatic heterocycles. The van der Waals surface area contributed by atoms with Crippen molar-refractivity contribution in [2.75, 3.05) is 0 Å². The molecule has 3 nitrogen and oxygen atoms in total. The third-order valence-corrected chi connectivity index (χ3v) is 3.14. The number of hydrogen-bond acceptors (Lipinski definition) is 3. The van der Waals surface area contributed by atoms with Crippen LogP contribution in [0.2, 0.25) is 0 Å². The molecule has 0 bridgehead atoms. The van der Waals surface area contributed by atoms with Crippen LogP contribution < -0.4 is 4.74 Å². The van der Waals surface area contributed by atoms with Gasteiger partial charge in [0.15, 0.2) is 0 Å². The van der Waals surface area contributed by atoms with E-state index in [0.29, 0.717) is 18.6 Å². The summed E-state index contributed by atoms with van der Waals surface area (Å²) >= 11 is 0. The molecule has 2 aromatic rings. The lowest BCUT2D eigenvalue weighted by Gasteiger charge is -2.10. The van der Waals surface area contributed by atoms with Crippen LogP contribution >= 0.6 is 0 Å². The summed E-state index contributed by atoms with van der Waals surface area (Å²) in [5.41, 5.74) is 2.56. The summed E-state index contributed by atoms with van der Waals surface area (Å²) in [6.45, 7) is 2.40. The quantitative estimate of drug-likeness (QED) is 0.900. The summed E-state index contributed by atoms with van der Waals surface area (Å²) in [6.07, 6.45) is 0.286. The minimum Gasteiger partial charge on any atom is -0.489 e. The van der Waals surface area contributed by atoms with Crippen molar-refractivity contribution in [3.63, 3.8) is 0 Å². The maximum atomic E-state index is 9.71. The first-order chi connectivity index (χ1) is 9.72. The van der Waals surface area contributed by atoms with Gasteiger partial charge in [0.1, 0.15) is 12.4 Å². The highest BCUT2D eigenvalue weighted by Gasteiger charge is 2.04. The zero-order chi connectivity index (χ0) is 14.4. The standard InChI is InChI=1S/C17H17NO2/c1-2-17(19)15-7-9-16(10-8-15)20-12-14-5-3-13(11-18)4-6-14/h3-10,17,19H,2,12H2,1H3/t17-/m0/s1. The van der Waals surface area contributed by atoms with Gasteiger partial charge in [-0.05, 0) is 41.8 Å². The number of nitrogens with zero attached hydrogens (tertiary/aromatic N) is 1. The molecule has 0 spiro atoms. The van der Waals surface area contributed by atoms with Gasteiger partial charge in [0.25, 0.3) is 0 Å². The Hall–Kier alpha value is -2.31. The van der Waals surface area contributed by atoms with Crippen LogP contribution in [0.5, 0.6) is 5.75 Å². The Kier molecular flexibility index (Phi) is 4.75. The third-order valence-electron chi connectivity index (χ3n) is 3.14. The van der Waals surface area contributed by atoms with Crippen LogP contribution in [0.1, 0.15) is 36.1 Å². The summed E-state index contributed by atoms with van der Waals surface area (Å²) in [5, 5.41) is 18.4. The van der Waals surface area contributed by atoms with Crippen molar-refractivity contribution in [2.45, 2.75) is 26.1 Å². The highest BCUT2D eigenvalue weighted by Crippen LogP contribution is 2.20. The van der Waals surface area contributed by atoms with Gasteiger partial charge in [-0.15, -0.1) is 0 Å². The Morgan fingerprint density at radius 1 is 1.10 bits per heavy atom. The lowest BCUT2D eigenvalue weighted by Crippen LogP contribution is -1.97. The van der Waals surface area contributed by atoms with E-state index in [4.69, 9.17) is 10.00 Å². The van der Waals surface area contributed by atoms with E-state index >= 15 is 0 Å². The number of hydrogen-bond donors (Lipinski definition) is 1. The van der Waals surface area contributed by atoms with Crippen molar-refractivity contribution in [1.82, 2.24) is 0 Å². The molecule has 0 aliphatic heterocycles. The fourth-order valence-corrected chi connectivity index (χ4v) is 1.86. The Bertz CT molecular complexity index is 582. The molecule has 0 saturated heterocycles. The van der Waals surface area contributed by atoms with Gasteiger partial charge in [-0.25, -0.2) is 0 Å². The lowest BCUT2D eigenvalue weighted by molar-refractivity contribution is 0.173. The van der Waals surface area contributed by atoms with Gasteiger partial charge >= 0.3 is 0 Å². The zero-order valence-corrected chi connectivity index (χ0v) is 11.4. The van der Waals surface area contributed by atoms with Gasteiger partial charge in [-0.2, -0.15) is 5.26 Å². The maximum Gasteiger partial charge on any atom is 0.119 e. The molecule has 0 aliphatic rings. The van der Waals surface area contributed by atoms with E-state index in [1.807, 2.05) is 43.3 Å². The molecule has 3 heteroatoms. The molecule has 0 heterocycles. The monoisotopic (exact) mass is 267 g/mol. The minimum atomic E-state index is -0.414. The number of rotatable bonds is 5. The van der Waals surface area contributed by atoms with Crippen molar-refractivity contribution in [3.8, 4) is 11.8 Å². The predicted molar refractivity (Wildman–Crippen MR) is 77.2 cm³/mol. The first-order valence-corrected chi connectivity index (χ1v) is 6.62. The molecule has 20 heavy (non-hydrogen) atoms. The third kappa shape index (κ3) is 3.59. The number of aliphatic hydroxyl groups excluding tert-OH is 1. The van der Waals surface area contributed by atoms with Crippen LogP contribution in [0.25, 0.3) is 0 Å². The molecule has 0 unspecified atom stereocenters. The van der Waals surface area contributed by atoms with Crippen LogP contribution in [0.15, 0.2) is 48.5 Å². The average molecular weight is 267 g/mol. The van der Waals surface area contributed by atoms with Gasteiger partial charge in [0, 0.05) is 0 Å². The van der Waals surface area contributed by atoms with E-state index in [0.717, 1.165) is 16.9 Å². The molecule has 1 atom stereocenters. The van der Waals surface area contributed by atoms with Crippen molar-refractivity contribution >= 4 is 0 Å². The van der Waals surface area contributed by atoms with Crippen molar-refractivity contribution in [1.29, 1.82) is 5.26 Å². The smallest absolute Gasteiger partial charge is 0.119 e. The largest absolute Gasteiger partial charge is 0.489 e. The Morgan fingerprint density at radius 3 is 2.30 bits per heavy atom. The molecule has 0 amide bonds.